The summed E-state index contributed by atoms with van der Waals surface area (Å²) in [6, 6.07) is 0. The van der Waals surface area contributed by atoms with Crippen molar-refractivity contribution < 1.29 is 8.78 Å². The molecule has 0 unspecified atom stereocenters. The van der Waals surface area contributed by atoms with Gasteiger partial charge in [0.25, 0.3) is 5.92 Å². The predicted molar refractivity (Wildman–Crippen MR) is 34.2 cm³/mol. The third-order valence-electron chi connectivity index (χ3n) is 1.05. The van der Waals surface area contributed by atoms with E-state index < -0.39 is 5.92 Å². The van der Waals surface area contributed by atoms with E-state index in [1.165, 1.54) is 6.38 Å². The summed E-state index contributed by atoms with van der Waals surface area (Å²) in [5.41, 5.74) is 0. The summed E-state index contributed by atoms with van der Waals surface area (Å²) in [5, 5.41) is 2.56. The molecule has 0 aromatic carbocycles. The van der Waals surface area contributed by atoms with E-state index in [1.54, 1.807) is 0 Å². The Morgan fingerprint density at radius 1 is 1.44 bits per heavy atom. The highest BCUT2D eigenvalue weighted by molar-refractivity contribution is 6.15. The molecule has 0 bridgehead atoms. The van der Waals surface area contributed by atoms with Crippen LogP contribution in [0, 0.1) is 0 Å². The number of rotatable bonds is 0. The van der Waals surface area contributed by atoms with Crippen LogP contribution in [-0.4, -0.2) is 25.4 Å². The standard InChI is InChI=1S/C4H7F2N.CH3Cl/c5-4(6)1-2-7-3-4;1-2/h7H,1-3H2;1H3. The molecule has 1 nitrogen and oxygen atoms in total. The monoisotopic (exact) mass is 157 g/mol. The third-order valence-corrected chi connectivity index (χ3v) is 1.05. The Morgan fingerprint density at radius 2 is 2.00 bits per heavy atom. The first-order valence-corrected chi connectivity index (χ1v) is 3.43. The molecule has 1 saturated heterocycles. The highest BCUT2D eigenvalue weighted by Gasteiger charge is 2.32. The minimum Gasteiger partial charge on any atom is -0.311 e. The molecule has 1 aliphatic heterocycles. The lowest BCUT2D eigenvalue weighted by molar-refractivity contribution is 0.0238. The summed E-state index contributed by atoms with van der Waals surface area (Å²) in [6.45, 7) is 0.333. The fourth-order valence-corrected chi connectivity index (χ4v) is 0.631. The van der Waals surface area contributed by atoms with Crippen molar-refractivity contribution in [2.45, 2.75) is 12.3 Å². The van der Waals surface area contributed by atoms with Gasteiger partial charge in [-0.05, 0) is 0 Å². The molecular formula is C5H10ClF2N. The molecule has 0 amide bonds. The van der Waals surface area contributed by atoms with Gasteiger partial charge in [-0.1, -0.05) is 0 Å². The second kappa shape index (κ2) is 4.01. The van der Waals surface area contributed by atoms with Crippen molar-refractivity contribution in [3.05, 3.63) is 0 Å². The molecule has 0 aromatic heterocycles. The molecule has 0 aromatic rings. The smallest absolute Gasteiger partial charge is 0.261 e. The summed E-state index contributed by atoms with van der Waals surface area (Å²) >= 11 is 4.64. The Balaban J connectivity index is 0.000000291. The quantitative estimate of drug-likeness (QED) is 0.525. The van der Waals surface area contributed by atoms with Crippen LogP contribution in [0.1, 0.15) is 6.42 Å². The lowest BCUT2D eigenvalue weighted by Crippen LogP contribution is -2.18. The van der Waals surface area contributed by atoms with Crippen molar-refractivity contribution in [3.8, 4) is 0 Å². The number of hydrogen-bond donors (Lipinski definition) is 1. The van der Waals surface area contributed by atoms with Gasteiger partial charge >= 0.3 is 0 Å². The molecule has 0 saturated carbocycles. The van der Waals surface area contributed by atoms with Gasteiger partial charge in [0.15, 0.2) is 0 Å². The second-order valence-corrected chi connectivity index (χ2v) is 1.78. The molecule has 1 heterocycles. The minimum absolute atomic E-state index is 0.00694. The van der Waals surface area contributed by atoms with Crippen molar-refractivity contribution in [2.75, 3.05) is 19.5 Å². The molecule has 1 fully saturated rings. The maximum Gasteiger partial charge on any atom is 0.261 e. The van der Waals surface area contributed by atoms with Crippen LogP contribution in [0.3, 0.4) is 0 Å². The van der Waals surface area contributed by atoms with Crippen molar-refractivity contribution in [1.82, 2.24) is 5.32 Å². The second-order valence-electron chi connectivity index (χ2n) is 1.78. The van der Waals surface area contributed by atoms with Crippen molar-refractivity contribution in [1.29, 1.82) is 0 Å². The third kappa shape index (κ3) is 3.65. The number of nitrogens with one attached hydrogen (secondary N) is 1. The first-order chi connectivity index (χ1) is 4.21. The van der Waals surface area contributed by atoms with Crippen molar-refractivity contribution in [3.63, 3.8) is 0 Å². The van der Waals surface area contributed by atoms with Crippen LogP contribution in [0.4, 0.5) is 8.78 Å². The normalized spacial score (nSPS) is 22.7. The van der Waals surface area contributed by atoms with Gasteiger partial charge in [-0.25, -0.2) is 8.78 Å². The van der Waals surface area contributed by atoms with Gasteiger partial charge in [0.05, 0.1) is 6.54 Å². The van der Waals surface area contributed by atoms with Crippen LogP contribution in [0.25, 0.3) is 0 Å². The van der Waals surface area contributed by atoms with E-state index in [2.05, 4.69) is 16.9 Å². The SMILES string of the molecule is CCl.FC1(F)CCNC1. The zero-order chi connectivity index (χ0) is 7.33. The predicted octanol–water partition coefficient (Wildman–Crippen LogP) is 1.47. The van der Waals surface area contributed by atoms with E-state index in [0.29, 0.717) is 6.54 Å². The van der Waals surface area contributed by atoms with Crippen LogP contribution < -0.4 is 5.32 Å². The van der Waals surface area contributed by atoms with Gasteiger partial charge in [0.1, 0.15) is 0 Å². The fourth-order valence-electron chi connectivity index (χ4n) is 0.631. The summed E-state index contributed by atoms with van der Waals surface area (Å²) < 4.78 is 23.8. The number of halogens is 3. The first kappa shape index (κ1) is 9.11. The van der Waals surface area contributed by atoms with E-state index in [4.69, 9.17) is 0 Å². The molecule has 0 atom stereocenters. The molecule has 1 aliphatic rings. The van der Waals surface area contributed by atoms with E-state index in [1.807, 2.05) is 0 Å². The number of alkyl halides is 3. The van der Waals surface area contributed by atoms with Gasteiger partial charge in [0.2, 0.25) is 0 Å². The van der Waals surface area contributed by atoms with Gasteiger partial charge in [-0.2, -0.15) is 0 Å². The zero-order valence-electron chi connectivity index (χ0n) is 5.26. The molecule has 1 rings (SSSR count). The highest BCUT2D eigenvalue weighted by Crippen LogP contribution is 2.19. The Morgan fingerprint density at radius 3 is 2.11 bits per heavy atom. The van der Waals surface area contributed by atoms with Crippen LogP contribution in [0.2, 0.25) is 0 Å². The molecular weight excluding hydrogens is 148 g/mol. The van der Waals surface area contributed by atoms with Crippen molar-refractivity contribution >= 4 is 11.6 Å². The minimum atomic E-state index is -2.42. The molecule has 0 radical (unpaired) electrons. The largest absolute Gasteiger partial charge is 0.311 e. The Hall–Kier alpha value is 0.110. The molecule has 56 valence electrons. The Labute approximate surface area is 58.4 Å². The molecule has 0 aliphatic carbocycles. The average molecular weight is 158 g/mol. The Bertz CT molecular complexity index is 69.4. The van der Waals surface area contributed by atoms with E-state index in [-0.39, 0.29) is 13.0 Å². The average Bonchev–Trinajstić information content (AvgIpc) is 2.19. The van der Waals surface area contributed by atoms with Gasteiger partial charge in [-0.3, -0.25) is 0 Å². The van der Waals surface area contributed by atoms with Crippen molar-refractivity contribution in [2.24, 2.45) is 0 Å². The van der Waals surface area contributed by atoms with Crippen LogP contribution in [0.5, 0.6) is 0 Å². The molecule has 9 heavy (non-hydrogen) atoms. The fraction of sp³-hybridized carbons (Fsp3) is 1.00. The van der Waals surface area contributed by atoms with E-state index in [0.717, 1.165) is 0 Å². The number of hydrogen-bond acceptors (Lipinski definition) is 1. The van der Waals surface area contributed by atoms with Crippen LogP contribution >= 0.6 is 11.6 Å². The molecule has 1 N–H and O–H groups in total. The molecule has 4 heteroatoms. The van der Waals surface area contributed by atoms with Gasteiger partial charge in [-0.15, -0.1) is 11.6 Å². The maximum absolute atomic E-state index is 11.9. The topological polar surface area (TPSA) is 12.0 Å². The highest BCUT2D eigenvalue weighted by atomic mass is 35.5. The van der Waals surface area contributed by atoms with E-state index >= 15 is 0 Å². The molecule has 0 spiro atoms. The summed E-state index contributed by atoms with van der Waals surface area (Å²) in [5.74, 6) is -2.42. The summed E-state index contributed by atoms with van der Waals surface area (Å²) in [4.78, 5) is 0. The van der Waals surface area contributed by atoms with Gasteiger partial charge in [0, 0.05) is 19.3 Å². The lowest BCUT2D eigenvalue weighted by Gasteiger charge is -2.02. The Kier molecular flexibility index (Phi) is 4.06. The lowest BCUT2D eigenvalue weighted by atomic mass is 10.3. The first-order valence-electron chi connectivity index (χ1n) is 2.67. The zero-order valence-corrected chi connectivity index (χ0v) is 6.01. The maximum atomic E-state index is 11.9. The van der Waals surface area contributed by atoms with Crippen LogP contribution in [0.15, 0.2) is 0 Å². The van der Waals surface area contributed by atoms with Gasteiger partial charge < -0.3 is 5.32 Å². The summed E-state index contributed by atoms with van der Waals surface area (Å²) in [6.07, 6.45) is 1.48. The van der Waals surface area contributed by atoms with Crippen LogP contribution in [-0.2, 0) is 0 Å². The van der Waals surface area contributed by atoms with E-state index in [9.17, 15) is 8.78 Å². The summed E-state index contributed by atoms with van der Waals surface area (Å²) in [7, 11) is 0.